The summed E-state index contributed by atoms with van der Waals surface area (Å²) in [5.74, 6) is 0. The van der Waals surface area contributed by atoms with Gasteiger partial charge in [0, 0.05) is 16.8 Å². The second-order valence-corrected chi connectivity index (χ2v) is 6.69. The molecule has 1 amide bonds. The van der Waals surface area contributed by atoms with E-state index in [-0.39, 0.29) is 10.5 Å². The third-order valence-corrected chi connectivity index (χ3v) is 4.72. The van der Waals surface area contributed by atoms with E-state index in [9.17, 15) is 17.8 Å². The first-order chi connectivity index (χ1) is 12.0. The Balaban J connectivity index is 2.43. The zero-order chi connectivity index (χ0) is 17.9. The standard InChI is InChI=1S/C19H15NO4S/c21-13-20-17-12-11-16(14-7-3-1-4-8-14)19(25(22,23)24)18(17)15-9-5-2-6-10-15/h1-13H,(H,20,21)(H,22,23,24). The summed E-state index contributed by atoms with van der Waals surface area (Å²) in [6.07, 6.45) is 0.470. The Morgan fingerprint density at radius 2 is 1.36 bits per heavy atom. The van der Waals surface area contributed by atoms with Crippen molar-refractivity contribution in [3.05, 3.63) is 72.8 Å². The Hall–Kier alpha value is -2.96. The summed E-state index contributed by atoms with van der Waals surface area (Å²) in [6.45, 7) is 0. The lowest BCUT2D eigenvalue weighted by Gasteiger charge is -2.17. The molecule has 0 aliphatic rings. The van der Waals surface area contributed by atoms with Crippen LogP contribution in [0, 0.1) is 0 Å². The van der Waals surface area contributed by atoms with Gasteiger partial charge in [0.05, 0.1) is 0 Å². The maximum Gasteiger partial charge on any atom is 0.295 e. The van der Waals surface area contributed by atoms with E-state index in [1.54, 1.807) is 66.7 Å². The molecular formula is C19H15NO4S. The molecule has 0 aromatic heterocycles. The Kier molecular flexibility index (Phi) is 4.65. The first kappa shape index (κ1) is 16.9. The van der Waals surface area contributed by atoms with Gasteiger partial charge in [-0.15, -0.1) is 0 Å². The molecule has 5 nitrogen and oxygen atoms in total. The van der Waals surface area contributed by atoms with Gasteiger partial charge in [0.25, 0.3) is 10.1 Å². The van der Waals surface area contributed by atoms with Gasteiger partial charge in [-0.25, -0.2) is 0 Å². The Bertz CT molecular complexity index is 1000. The Morgan fingerprint density at radius 1 is 0.800 bits per heavy atom. The number of benzene rings is 3. The molecule has 0 radical (unpaired) electrons. The van der Waals surface area contributed by atoms with Crippen molar-refractivity contribution in [1.82, 2.24) is 0 Å². The van der Waals surface area contributed by atoms with Crippen molar-refractivity contribution >= 4 is 22.2 Å². The first-order valence-electron chi connectivity index (χ1n) is 7.48. The molecule has 0 aliphatic carbocycles. The molecule has 3 aromatic carbocycles. The predicted octanol–water partition coefficient (Wildman–Crippen LogP) is 3.84. The van der Waals surface area contributed by atoms with Gasteiger partial charge < -0.3 is 5.32 Å². The zero-order valence-electron chi connectivity index (χ0n) is 13.1. The Labute approximate surface area is 145 Å². The summed E-state index contributed by atoms with van der Waals surface area (Å²) in [5.41, 5.74) is 2.12. The van der Waals surface area contributed by atoms with E-state index in [2.05, 4.69) is 5.32 Å². The van der Waals surface area contributed by atoms with E-state index in [4.69, 9.17) is 0 Å². The summed E-state index contributed by atoms with van der Waals surface area (Å²) >= 11 is 0. The first-order valence-corrected chi connectivity index (χ1v) is 8.92. The minimum Gasteiger partial charge on any atom is -0.328 e. The molecule has 25 heavy (non-hydrogen) atoms. The minimum atomic E-state index is -4.56. The monoisotopic (exact) mass is 353 g/mol. The van der Waals surface area contributed by atoms with Crippen molar-refractivity contribution in [2.45, 2.75) is 4.90 Å². The van der Waals surface area contributed by atoms with Crippen LogP contribution in [0.25, 0.3) is 22.3 Å². The summed E-state index contributed by atoms with van der Waals surface area (Å²) in [7, 11) is -4.56. The average molecular weight is 353 g/mol. The summed E-state index contributed by atoms with van der Waals surface area (Å²) in [4.78, 5) is 10.7. The third-order valence-electron chi connectivity index (χ3n) is 3.78. The van der Waals surface area contributed by atoms with Crippen LogP contribution >= 0.6 is 0 Å². The molecule has 0 unspecified atom stereocenters. The molecule has 2 N–H and O–H groups in total. The molecular weight excluding hydrogens is 338 g/mol. The van der Waals surface area contributed by atoms with Gasteiger partial charge in [0.1, 0.15) is 4.90 Å². The van der Waals surface area contributed by atoms with Gasteiger partial charge >= 0.3 is 0 Å². The highest BCUT2D eigenvalue weighted by Crippen LogP contribution is 2.40. The van der Waals surface area contributed by atoms with Crippen LogP contribution in [0.3, 0.4) is 0 Å². The molecule has 126 valence electrons. The zero-order valence-corrected chi connectivity index (χ0v) is 13.9. The number of anilines is 1. The smallest absolute Gasteiger partial charge is 0.295 e. The number of hydrogen-bond donors (Lipinski definition) is 2. The van der Waals surface area contributed by atoms with E-state index < -0.39 is 10.1 Å². The van der Waals surface area contributed by atoms with E-state index in [0.29, 0.717) is 28.8 Å². The molecule has 3 rings (SSSR count). The largest absolute Gasteiger partial charge is 0.328 e. The predicted molar refractivity (Wildman–Crippen MR) is 96.8 cm³/mol. The lowest BCUT2D eigenvalue weighted by Crippen LogP contribution is -2.07. The third kappa shape index (κ3) is 3.45. The molecule has 0 aliphatic heterocycles. The highest BCUT2D eigenvalue weighted by molar-refractivity contribution is 7.86. The number of carbonyl (C=O) groups is 1. The maximum atomic E-state index is 12.2. The van der Waals surface area contributed by atoms with E-state index in [0.717, 1.165) is 0 Å². The maximum absolute atomic E-state index is 12.2. The molecule has 0 atom stereocenters. The summed E-state index contributed by atoms with van der Waals surface area (Å²) in [6, 6.07) is 20.8. The second kappa shape index (κ2) is 6.88. The molecule has 3 aromatic rings. The van der Waals surface area contributed by atoms with Crippen LogP contribution in [0.5, 0.6) is 0 Å². The molecule has 0 heterocycles. The molecule has 0 spiro atoms. The van der Waals surface area contributed by atoms with Crippen LogP contribution in [-0.4, -0.2) is 19.4 Å². The number of rotatable bonds is 5. The van der Waals surface area contributed by atoms with Crippen LogP contribution in [0.1, 0.15) is 0 Å². The number of hydrogen-bond acceptors (Lipinski definition) is 3. The fraction of sp³-hybridized carbons (Fsp3) is 0. The van der Waals surface area contributed by atoms with Crippen LogP contribution in [0.2, 0.25) is 0 Å². The molecule has 0 fully saturated rings. The summed E-state index contributed by atoms with van der Waals surface area (Å²) in [5, 5.41) is 2.51. The van der Waals surface area contributed by atoms with Crippen molar-refractivity contribution in [3.63, 3.8) is 0 Å². The number of carbonyl (C=O) groups excluding carboxylic acids is 1. The van der Waals surface area contributed by atoms with Gasteiger partial charge in [-0.2, -0.15) is 8.42 Å². The van der Waals surface area contributed by atoms with Crippen LogP contribution in [-0.2, 0) is 14.9 Å². The minimum absolute atomic E-state index is 0.239. The van der Waals surface area contributed by atoms with E-state index in [1.807, 2.05) is 6.07 Å². The molecule has 0 bridgehead atoms. The van der Waals surface area contributed by atoms with E-state index >= 15 is 0 Å². The number of amides is 1. The van der Waals surface area contributed by atoms with Crippen molar-refractivity contribution in [1.29, 1.82) is 0 Å². The van der Waals surface area contributed by atoms with Crippen molar-refractivity contribution in [3.8, 4) is 22.3 Å². The van der Waals surface area contributed by atoms with Gasteiger partial charge in [-0.1, -0.05) is 66.7 Å². The normalized spacial score (nSPS) is 11.1. The highest BCUT2D eigenvalue weighted by atomic mass is 32.2. The van der Waals surface area contributed by atoms with Gasteiger partial charge in [0.2, 0.25) is 6.41 Å². The fourth-order valence-corrected chi connectivity index (χ4v) is 3.72. The lowest BCUT2D eigenvalue weighted by molar-refractivity contribution is -0.105. The molecule has 6 heteroatoms. The van der Waals surface area contributed by atoms with Crippen LogP contribution in [0.15, 0.2) is 77.7 Å². The van der Waals surface area contributed by atoms with Crippen molar-refractivity contribution in [2.24, 2.45) is 0 Å². The van der Waals surface area contributed by atoms with Gasteiger partial charge in [-0.3, -0.25) is 9.35 Å². The SMILES string of the molecule is O=CNc1ccc(-c2ccccc2)c(S(=O)(=O)O)c1-c1ccccc1. The average Bonchev–Trinajstić information content (AvgIpc) is 2.62. The number of nitrogens with one attached hydrogen (secondary N) is 1. The fourth-order valence-electron chi connectivity index (χ4n) is 2.77. The molecule has 0 saturated heterocycles. The second-order valence-electron chi connectivity index (χ2n) is 5.33. The topological polar surface area (TPSA) is 83.5 Å². The van der Waals surface area contributed by atoms with Crippen molar-refractivity contribution in [2.75, 3.05) is 5.32 Å². The van der Waals surface area contributed by atoms with Gasteiger partial charge in [-0.05, 0) is 17.2 Å². The quantitative estimate of drug-likeness (QED) is 0.539. The van der Waals surface area contributed by atoms with Crippen LogP contribution in [0.4, 0.5) is 5.69 Å². The highest BCUT2D eigenvalue weighted by Gasteiger charge is 2.25. The van der Waals surface area contributed by atoms with Crippen molar-refractivity contribution < 1.29 is 17.8 Å². The van der Waals surface area contributed by atoms with Gasteiger partial charge in [0.15, 0.2) is 0 Å². The van der Waals surface area contributed by atoms with Crippen LogP contribution < -0.4 is 5.32 Å². The Morgan fingerprint density at radius 3 is 1.88 bits per heavy atom. The molecule has 0 saturated carbocycles. The van der Waals surface area contributed by atoms with E-state index in [1.165, 1.54) is 0 Å². The lowest BCUT2D eigenvalue weighted by atomic mass is 9.97. The summed E-state index contributed by atoms with van der Waals surface area (Å²) < 4.78 is 34.4.